The van der Waals surface area contributed by atoms with Crippen LogP contribution in [0.4, 0.5) is 0 Å². The summed E-state index contributed by atoms with van der Waals surface area (Å²) in [4.78, 5) is 11.3. The number of aromatic carboxylic acids is 1. The minimum absolute atomic E-state index is 0.211. The lowest BCUT2D eigenvalue weighted by Crippen LogP contribution is -2.12. The summed E-state index contributed by atoms with van der Waals surface area (Å²) in [6, 6.07) is 6.18. The third kappa shape index (κ3) is 2.09. The van der Waals surface area contributed by atoms with Crippen LogP contribution in [0.15, 0.2) is 33.5 Å². The molecule has 0 amide bonds. The van der Waals surface area contributed by atoms with E-state index in [-0.39, 0.29) is 5.56 Å². The molecule has 5 heteroatoms. The molecule has 0 saturated carbocycles. The Labute approximate surface area is 94.5 Å². The van der Waals surface area contributed by atoms with E-state index in [0.717, 1.165) is 12.8 Å². The first-order valence-corrected chi connectivity index (χ1v) is 6.84. The molecule has 1 aromatic carbocycles. The van der Waals surface area contributed by atoms with Gasteiger partial charge in [0, 0.05) is 17.2 Å². The molecule has 0 fully saturated rings. The molecule has 1 unspecified atom stereocenters. The Bertz CT molecular complexity index is 513. The molecule has 2 rings (SSSR count). The number of hydrogen-bond acceptors (Lipinski definition) is 3. The Morgan fingerprint density at radius 1 is 1.25 bits per heavy atom. The summed E-state index contributed by atoms with van der Waals surface area (Å²) >= 11 is 0. The molecule has 0 aliphatic carbocycles. The molecular formula is C11H13NO3S. The molecule has 16 heavy (non-hydrogen) atoms. The van der Waals surface area contributed by atoms with Gasteiger partial charge in [0.15, 0.2) is 0 Å². The maximum absolute atomic E-state index is 12.4. The van der Waals surface area contributed by atoms with Gasteiger partial charge in [-0.1, -0.05) is 0 Å². The highest BCUT2D eigenvalue weighted by Crippen LogP contribution is 2.20. The first kappa shape index (κ1) is 11.1. The van der Waals surface area contributed by atoms with E-state index in [4.69, 9.17) is 5.11 Å². The molecule has 4 nitrogen and oxygen atoms in total. The van der Waals surface area contributed by atoms with Crippen molar-refractivity contribution < 1.29 is 14.1 Å². The van der Waals surface area contributed by atoms with Gasteiger partial charge in [-0.05, 0) is 37.1 Å². The molecule has 1 aliphatic heterocycles. The van der Waals surface area contributed by atoms with Gasteiger partial charge in [-0.2, -0.15) is 0 Å². The summed E-state index contributed by atoms with van der Waals surface area (Å²) < 4.78 is 16.6. The van der Waals surface area contributed by atoms with E-state index in [1.807, 2.05) is 0 Å². The second kappa shape index (κ2) is 4.25. The highest BCUT2D eigenvalue weighted by atomic mass is 32.2. The largest absolute Gasteiger partial charge is 0.478 e. The van der Waals surface area contributed by atoms with Crippen molar-refractivity contribution >= 4 is 15.7 Å². The van der Waals surface area contributed by atoms with Crippen LogP contribution in [0.5, 0.6) is 0 Å². The lowest BCUT2D eigenvalue weighted by Gasteiger charge is -2.14. The molecule has 0 saturated heterocycles. The van der Waals surface area contributed by atoms with Gasteiger partial charge in [0.25, 0.3) is 0 Å². The third-order valence-corrected chi connectivity index (χ3v) is 5.05. The number of carboxylic acid groups (broad SMARTS) is 1. The molecule has 1 aromatic rings. The first-order valence-electron chi connectivity index (χ1n) is 5.16. The van der Waals surface area contributed by atoms with Gasteiger partial charge in [-0.3, -0.25) is 0 Å². The molecule has 0 spiro atoms. The molecule has 0 bridgehead atoms. The number of benzene rings is 1. The maximum atomic E-state index is 12.4. The van der Waals surface area contributed by atoms with Gasteiger partial charge in [0.1, 0.15) is 0 Å². The van der Waals surface area contributed by atoms with Gasteiger partial charge >= 0.3 is 5.97 Å². The van der Waals surface area contributed by atoms with Crippen LogP contribution in [-0.4, -0.2) is 27.6 Å². The van der Waals surface area contributed by atoms with Crippen LogP contribution < -0.4 is 0 Å². The molecule has 1 atom stereocenters. The molecule has 0 aromatic heterocycles. The monoisotopic (exact) mass is 239 g/mol. The first-order chi connectivity index (χ1) is 7.62. The Hall–Kier alpha value is -1.36. The van der Waals surface area contributed by atoms with Crippen molar-refractivity contribution in [2.24, 2.45) is 4.36 Å². The highest BCUT2D eigenvalue weighted by Gasteiger charge is 2.16. The number of carbonyl (C=O) groups is 1. The van der Waals surface area contributed by atoms with Crippen molar-refractivity contribution in [1.82, 2.24) is 0 Å². The Kier molecular flexibility index (Phi) is 2.96. The normalized spacial score (nSPS) is 24.8. The van der Waals surface area contributed by atoms with Crippen LogP contribution >= 0.6 is 0 Å². The van der Waals surface area contributed by atoms with Crippen molar-refractivity contribution in [3.05, 3.63) is 29.8 Å². The van der Waals surface area contributed by atoms with E-state index in [2.05, 4.69) is 4.36 Å². The van der Waals surface area contributed by atoms with E-state index in [1.165, 1.54) is 12.1 Å². The summed E-state index contributed by atoms with van der Waals surface area (Å²) in [7, 11) is -2.28. The van der Waals surface area contributed by atoms with E-state index in [9.17, 15) is 9.00 Å². The van der Waals surface area contributed by atoms with Gasteiger partial charge in [0.2, 0.25) is 0 Å². The average Bonchev–Trinajstić information content (AvgIpc) is 2.30. The van der Waals surface area contributed by atoms with Crippen molar-refractivity contribution in [2.75, 3.05) is 12.3 Å². The minimum Gasteiger partial charge on any atom is -0.478 e. The van der Waals surface area contributed by atoms with Crippen LogP contribution in [0, 0.1) is 0 Å². The lowest BCUT2D eigenvalue weighted by atomic mass is 10.2. The zero-order valence-corrected chi connectivity index (χ0v) is 9.57. The topological polar surface area (TPSA) is 66.7 Å². The van der Waals surface area contributed by atoms with Crippen molar-refractivity contribution in [2.45, 2.75) is 17.7 Å². The van der Waals surface area contributed by atoms with Crippen molar-refractivity contribution in [1.29, 1.82) is 0 Å². The van der Waals surface area contributed by atoms with E-state index in [1.54, 1.807) is 12.1 Å². The summed E-state index contributed by atoms with van der Waals surface area (Å²) in [6.07, 6.45) is 1.91. The number of carboxylic acids is 1. The molecule has 1 aliphatic rings. The van der Waals surface area contributed by atoms with E-state index < -0.39 is 15.7 Å². The summed E-state index contributed by atoms with van der Waals surface area (Å²) in [6.45, 7) is 0.638. The van der Waals surface area contributed by atoms with Crippen LogP contribution in [-0.2, 0) is 9.73 Å². The van der Waals surface area contributed by atoms with Crippen LogP contribution in [0.3, 0.4) is 0 Å². The fraction of sp³-hybridized carbons (Fsp3) is 0.364. The Balaban J connectivity index is 2.38. The number of hydrogen-bond donors (Lipinski definition) is 1. The fourth-order valence-corrected chi connectivity index (χ4v) is 3.78. The van der Waals surface area contributed by atoms with Crippen molar-refractivity contribution in [3.8, 4) is 0 Å². The number of nitrogens with zero attached hydrogens (tertiary/aromatic N) is 1. The molecule has 1 heterocycles. The SMILES string of the molecule is O=C(O)c1ccc(S2(=O)=NCCCC2)cc1. The fourth-order valence-electron chi connectivity index (χ4n) is 1.69. The predicted molar refractivity (Wildman–Crippen MR) is 61.2 cm³/mol. The van der Waals surface area contributed by atoms with Gasteiger partial charge in [0.05, 0.1) is 15.3 Å². The molecular weight excluding hydrogens is 226 g/mol. The zero-order chi connectivity index (χ0) is 11.6. The quantitative estimate of drug-likeness (QED) is 0.858. The number of rotatable bonds is 2. The summed E-state index contributed by atoms with van der Waals surface area (Å²) in [5, 5.41) is 8.76. The van der Waals surface area contributed by atoms with E-state index in [0.29, 0.717) is 17.2 Å². The highest BCUT2D eigenvalue weighted by molar-refractivity contribution is 7.93. The van der Waals surface area contributed by atoms with Gasteiger partial charge in [-0.25, -0.2) is 13.4 Å². The standard InChI is InChI=1S/C11H13NO3S/c13-11(14)9-3-5-10(6-4-9)16(15)8-2-1-7-12-16/h3-6H,1-2,7-8H2,(H,13,14). The maximum Gasteiger partial charge on any atom is 0.335 e. The third-order valence-electron chi connectivity index (χ3n) is 2.60. The summed E-state index contributed by atoms with van der Waals surface area (Å²) in [5.41, 5.74) is 0.211. The van der Waals surface area contributed by atoms with Gasteiger partial charge < -0.3 is 5.11 Å². The van der Waals surface area contributed by atoms with E-state index >= 15 is 0 Å². The Morgan fingerprint density at radius 3 is 2.44 bits per heavy atom. The smallest absolute Gasteiger partial charge is 0.335 e. The molecule has 86 valence electrons. The van der Waals surface area contributed by atoms with Gasteiger partial charge in [-0.15, -0.1) is 0 Å². The molecule has 1 N–H and O–H groups in total. The zero-order valence-electron chi connectivity index (χ0n) is 8.76. The second-order valence-corrected chi connectivity index (χ2v) is 6.15. The lowest BCUT2D eigenvalue weighted by molar-refractivity contribution is 0.0697. The van der Waals surface area contributed by atoms with Crippen LogP contribution in [0.2, 0.25) is 0 Å². The average molecular weight is 239 g/mol. The van der Waals surface area contributed by atoms with Crippen LogP contribution in [0.25, 0.3) is 0 Å². The molecule has 0 radical (unpaired) electrons. The van der Waals surface area contributed by atoms with Crippen LogP contribution in [0.1, 0.15) is 23.2 Å². The van der Waals surface area contributed by atoms with Crippen molar-refractivity contribution in [3.63, 3.8) is 0 Å². The summed E-state index contributed by atoms with van der Waals surface area (Å²) in [5.74, 6) is -0.388. The Morgan fingerprint density at radius 2 is 1.94 bits per heavy atom. The minimum atomic E-state index is -2.28. The second-order valence-electron chi connectivity index (χ2n) is 3.73. The predicted octanol–water partition coefficient (Wildman–Crippen LogP) is 2.01.